The van der Waals surface area contributed by atoms with Crippen LogP contribution in [0.3, 0.4) is 0 Å². The molecule has 1 heterocycles. The van der Waals surface area contributed by atoms with Crippen molar-refractivity contribution >= 4 is 0 Å². The summed E-state index contributed by atoms with van der Waals surface area (Å²) in [7, 11) is 3.91. The van der Waals surface area contributed by atoms with Gasteiger partial charge in [0.2, 0.25) is 0 Å². The first kappa shape index (κ1) is 9.12. The third-order valence-corrected chi connectivity index (χ3v) is 1.67. The van der Waals surface area contributed by atoms with E-state index in [0.29, 0.717) is 0 Å². The Balaban J connectivity index is 2.80. The maximum atomic E-state index is 5.39. The van der Waals surface area contributed by atoms with Crippen LogP contribution in [0.2, 0.25) is 0 Å². The van der Waals surface area contributed by atoms with Crippen LogP contribution >= 0.6 is 0 Å². The summed E-state index contributed by atoms with van der Waals surface area (Å²) in [4.78, 5) is 6.00. The van der Waals surface area contributed by atoms with Crippen molar-refractivity contribution < 1.29 is 0 Å². The molecule has 0 spiro atoms. The van der Waals surface area contributed by atoms with Crippen LogP contribution in [-0.2, 0) is 0 Å². The first-order chi connectivity index (χ1) is 5.75. The molecule has 1 aromatic heterocycles. The van der Waals surface area contributed by atoms with E-state index in [1.807, 2.05) is 31.1 Å². The highest BCUT2D eigenvalue weighted by atomic mass is 15.4. The van der Waals surface area contributed by atoms with Crippen molar-refractivity contribution in [3.05, 3.63) is 30.1 Å². The van der Waals surface area contributed by atoms with Gasteiger partial charge in [-0.3, -0.25) is 15.7 Å². The zero-order chi connectivity index (χ0) is 8.97. The van der Waals surface area contributed by atoms with Gasteiger partial charge in [-0.1, -0.05) is 6.07 Å². The van der Waals surface area contributed by atoms with E-state index in [-0.39, 0.29) is 6.17 Å². The van der Waals surface area contributed by atoms with Crippen LogP contribution in [0.4, 0.5) is 0 Å². The largest absolute Gasteiger partial charge is 0.289 e. The lowest BCUT2D eigenvalue weighted by Gasteiger charge is -2.22. The van der Waals surface area contributed by atoms with Gasteiger partial charge in [0, 0.05) is 18.0 Å². The van der Waals surface area contributed by atoms with E-state index in [9.17, 15) is 0 Å². The second-order valence-electron chi connectivity index (χ2n) is 2.82. The molecule has 1 atom stereocenters. The van der Waals surface area contributed by atoms with Crippen molar-refractivity contribution in [1.29, 1.82) is 0 Å². The van der Waals surface area contributed by atoms with Crippen molar-refractivity contribution in [2.75, 3.05) is 14.1 Å². The van der Waals surface area contributed by atoms with Crippen LogP contribution < -0.4 is 11.3 Å². The summed E-state index contributed by atoms with van der Waals surface area (Å²) in [6.07, 6.45) is 3.57. The summed E-state index contributed by atoms with van der Waals surface area (Å²) in [6, 6.07) is 3.88. The molecule has 0 aliphatic heterocycles. The van der Waals surface area contributed by atoms with E-state index >= 15 is 0 Å². The summed E-state index contributed by atoms with van der Waals surface area (Å²) in [6.45, 7) is 0. The van der Waals surface area contributed by atoms with Crippen LogP contribution in [0.1, 0.15) is 11.7 Å². The molecule has 0 bridgehead atoms. The summed E-state index contributed by atoms with van der Waals surface area (Å²) in [5.41, 5.74) is 3.76. The topological polar surface area (TPSA) is 54.2 Å². The van der Waals surface area contributed by atoms with Crippen LogP contribution in [0.25, 0.3) is 0 Å². The van der Waals surface area contributed by atoms with Gasteiger partial charge in [-0.05, 0) is 20.2 Å². The van der Waals surface area contributed by atoms with Crippen molar-refractivity contribution in [2.24, 2.45) is 5.84 Å². The van der Waals surface area contributed by atoms with Gasteiger partial charge in [0.15, 0.2) is 0 Å². The van der Waals surface area contributed by atoms with Crippen LogP contribution in [0.5, 0.6) is 0 Å². The average molecular weight is 166 g/mol. The van der Waals surface area contributed by atoms with E-state index in [1.54, 1.807) is 12.4 Å². The first-order valence-corrected chi connectivity index (χ1v) is 3.78. The Hall–Kier alpha value is -0.970. The highest BCUT2D eigenvalue weighted by Crippen LogP contribution is 2.11. The van der Waals surface area contributed by atoms with Crippen LogP contribution in [0.15, 0.2) is 24.5 Å². The minimum absolute atomic E-state index is 0.0266. The highest BCUT2D eigenvalue weighted by molar-refractivity contribution is 5.12. The number of nitrogens with one attached hydrogen (secondary N) is 1. The second-order valence-corrected chi connectivity index (χ2v) is 2.82. The molecule has 1 rings (SSSR count). The number of rotatable bonds is 3. The van der Waals surface area contributed by atoms with E-state index in [0.717, 1.165) is 5.56 Å². The van der Waals surface area contributed by atoms with Crippen LogP contribution in [0, 0.1) is 0 Å². The van der Waals surface area contributed by atoms with Gasteiger partial charge >= 0.3 is 0 Å². The number of nitrogens with two attached hydrogens (primary N) is 1. The highest BCUT2D eigenvalue weighted by Gasteiger charge is 2.10. The lowest BCUT2D eigenvalue weighted by molar-refractivity contribution is 0.252. The second kappa shape index (κ2) is 4.15. The van der Waals surface area contributed by atoms with E-state index < -0.39 is 0 Å². The average Bonchev–Trinajstić information content (AvgIpc) is 2.07. The molecule has 0 aromatic carbocycles. The van der Waals surface area contributed by atoms with Crippen molar-refractivity contribution in [3.8, 4) is 0 Å². The number of nitrogens with zero attached hydrogens (tertiary/aromatic N) is 2. The van der Waals surface area contributed by atoms with Crippen molar-refractivity contribution in [2.45, 2.75) is 6.17 Å². The number of hydrogen-bond donors (Lipinski definition) is 2. The monoisotopic (exact) mass is 166 g/mol. The fraction of sp³-hybridized carbons (Fsp3) is 0.375. The standard InChI is InChI=1S/C8H14N4/c1-12(2)8(11-9)7-4-3-5-10-6-7/h3-6,8,11H,9H2,1-2H3. The maximum absolute atomic E-state index is 5.39. The zero-order valence-electron chi connectivity index (χ0n) is 7.36. The molecule has 0 amide bonds. The van der Waals surface area contributed by atoms with Gasteiger partial charge in [-0.15, -0.1) is 0 Å². The molecule has 1 unspecified atom stereocenters. The maximum Gasteiger partial charge on any atom is 0.0995 e. The lowest BCUT2D eigenvalue weighted by Crippen LogP contribution is -2.37. The number of hydrogen-bond acceptors (Lipinski definition) is 4. The lowest BCUT2D eigenvalue weighted by atomic mass is 10.2. The summed E-state index contributed by atoms with van der Waals surface area (Å²) in [5, 5.41) is 0. The van der Waals surface area contributed by atoms with Crippen molar-refractivity contribution in [1.82, 2.24) is 15.3 Å². The fourth-order valence-electron chi connectivity index (χ4n) is 1.08. The molecular formula is C8H14N4. The normalized spacial score (nSPS) is 13.3. The Morgan fingerprint density at radius 2 is 2.33 bits per heavy atom. The molecular weight excluding hydrogens is 152 g/mol. The summed E-state index contributed by atoms with van der Waals surface area (Å²) in [5.74, 6) is 5.39. The Morgan fingerprint density at radius 3 is 2.75 bits per heavy atom. The smallest absolute Gasteiger partial charge is 0.0995 e. The van der Waals surface area contributed by atoms with E-state index in [1.165, 1.54) is 0 Å². The Morgan fingerprint density at radius 1 is 1.58 bits per heavy atom. The molecule has 66 valence electrons. The van der Waals surface area contributed by atoms with Gasteiger partial charge in [0.25, 0.3) is 0 Å². The molecule has 0 radical (unpaired) electrons. The Bertz CT molecular complexity index is 222. The van der Waals surface area contributed by atoms with Crippen LogP contribution in [-0.4, -0.2) is 24.0 Å². The van der Waals surface area contributed by atoms with Crippen molar-refractivity contribution in [3.63, 3.8) is 0 Å². The molecule has 0 fully saturated rings. The Kier molecular flexibility index (Phi) is 3.16. The fourth-order valence-corrected chi connectivity index (χ4v) is 1.08. The molecule has 0 saturated heterocycles. The van der Waals surface area contributed by atoms with Gasteiger partial charge in [-0.25, -0.2) is 5.43 Å². The minimum Gasteiger partial charge on any atom is -0.289 e. The summed E-state index contributed by atoms with van der Waals surface area (Å²) >= 11 is 0. The molecule has 0 aliphatic rings. The third kappa shape index (κ3) is 2.01. The predicted molar refractivity (Wildman–Crippen MR) is 48.0 cm³/mol. The SMILES string of the molecule is CN(C)C(NN)c1cccnc1. The van der Waals surface area contributed by atoms with E-state index in [2.05, 4.69) is 10.4 Å². The van der Waals surface area contributed by atoms with Gasteiger partial charge in [-0.2, -0.15) is 0 Å². The Labute approximate surface area is 72.4 Å². The molecule has 4 heteroatoms. The molecule has 12 heavy (non-hydrogen) atoms. The summed E-state index contributed by atoms with van der Waals surface area (Å²) < 4.78 is 0. The number of aromatic nitrogens is 1. The molecule has 0 saturated carbocycles. The third-order valence-electron chi connectivity index (χ3n) is 1.67. The predicted octanol–water partition coefficient (Wildman–Crippen LogP) is 0.105. The number of hydrazine groups is 1. The zero-order valence-corrected chi connectivity index (χ0v) is 7.36. The van der Waals surface area contributed by atoms with Gasteiger partial charge in [0.05, 0.1) is 6.17 Å². The molecule has 3 N–H and O–H groups in total. The molecule has 1 aromatic rings. The molecule has 4 nitrogen and oxygen atoms in total. The number of pyridine rings is 1. The van der Waals surface area contributed by atoms with Gasteiger partial charge in [0.1, 0.15) is 0 Å². The minimum atomic E-state index is 0.0266. The first-order valence-electron chi connectivity index (χ1n) is 3.78. The van der Waals surface area contributed by atoms with E-state index in [4.69, 9.17) is 5.84 Å². The quantitative estimate of drug-likeness (QED) is 0.380. The molecule has 0 aliphatic carbocycles. The van der Waals surface area contributed by atoms with Gasteiger partial charge < -0.3 is 0 Å².